The predicted octanol–water partition coefficient (Wildman–Crippen LogP) is 3.99. The zero-order chi connectivity index (χ0) is 31.2. The third-order valence-corrected chi connectivity index (χ3v) is 9.12. The van der Waals surface area contributed by atoms with Crippen molar-refractivity contribution in [2.45, 2.75) is 71.5 Å². The molecular formula is C32H38N4O7. The maximum absolute atomic E-state index is 13.6. The Morgan fingerprint density at radius 3 is 1.98 bits per heavy atom. The standard InChI is InChI=1S/C32H38N4O7/c1-31(2)12-17(37)24-21(14-31)42-22-15-32(3,4)13-18(38)25(22)23(24)16-9-10-19(20(11-16)41-8)43-29-33-27-26(34(29)5)28(39)36(7)30(40)35(27)6/h9-11,23,26-27H,12-15H2,1-8H3/t26-,27-/m0/s1. The van der Waals surface area contributed by atoms with Gasteiger partial charge in [0.15, 0.2) is 35.3 Å². The van der Waals surface area contributed by atoms with Crippen LogP contribution >= 0.6 is 0 Å². The number of amidine groups is 1. The summed E-state index contributed by atoms with van der Waals surface area (Å²) in [4.78, 5) is 61.3. The molecule has 3 heterocycles. The van der Waals surface area contributed by atoms with Gasteiger partial charge in [0, 0.05) is 63.9 Å². The SMILES string of the molecule is COc1cc(C2C3=C(CC(C)(C)CC3=O)OC3=C2C(=O)CC(C)(C)C3)ccc1OC1=N[C@@H]2[C@@H](C(=O)N(C)C(=O)N2C)N1C. The highest BCUT2D eigenvalue weighted by Gasteiger charge is 2.51. The molecule has 0 bridgehead atoms. The van der Waals surface area contributed by atoms with Crippen molar-refractivity contribution in [2.24, 2.45) is 15.8 Å². The smallest absolute Gasteiger partial charge is 0.328 e. The number of likely N-dealkylation sites (N-methyl/N-ethyl adjacent to an activating group) is 3. The van der Waals surface area contributed by atoms with E-state index >= 15 is 0 Å². The van der Waals surface area contributed by atoms with Crippen LogP contribution in [0.2, 0.25) is 0 Å². The minimum Gasteiger partial charge on any atom is -0.493 e. The fourth-order valence-electron chi connectivity index (χ4n) is 6.98. The minimum atomic E-state index is -0.720. The molecule has 0 spiro atoms. The first-order chi connectivity index (χ1) is 20.1. The summed E-state index contributed by atoms with van der Waals surface area (Å²) in [6.07, 6.45) is 1.22. The Morgan fingerprint density at radius 1 is 0.837 bits per heavy atom. The van der Waals surface area contributed by atoms with E-state index in [0.717, 1.165) is 10.5 Å². The second-order valence-corrected chi connectivity index (χ2v) is 13.8. The fraction of sp³-hybridized carbons (Fsp3) is 0.531. The number of ether oxygens (including phenoxy) is 3. The zero-order valence-electron chi connectivity index (χ0n) is 25.9. The van der Waals surface area contributed by atoms with Gasteiger partial charge in [0.25, 0.3) is 11.9 Å². The average molecular weight is 591 g/mol. The van der Waals surface area contributed by atoms with Gasteiger partial charge in [0.05, 0.1) is 7.11 Å². The summed E-state index contributed by atoms with van der Waals surface area (Å²) in [6, 6.07) is 4.36. The Balaban J connectivity index is 1.39. The maximum atomic E-state index is 13.6. The van der Waals surface area contributed by atoms with Crippen molar-refractivity contribution in [3.8, 4) is 11.5 Å². The van der Waals surface area contributed by atoms with Gasteiger partial charge in [0.2, 0.25) is 0 Å². The van der Waals surface area contributed by atoms with Crippen LogP contribution in [0.15, 0.2) is 45.9 Å². The van der Waals surface area contributed by atoms with E-state index in [4.69, 9.17) is 14.2 Å². The first-order valence-electron chi connectivity index (χ1n) is 14.5. The average Bonchev–Trinajstić information content (AvgIpc) is 3.24. The monoisotopic (exact) mass is 590 g/mol. The van der Waals surface area contributed by atoms with Gasteiger partial charge in [-0.05, 0) is 28.5 Å². The molecular weight excluding hydrogens is 552 g/mol. The van der Waals surface area contributed by atoms with Crippen molar-refractivity contribution in [1.82, 2.24) is 14.7 Å². The first kappa shape index (κ1) is 28.9. The molecule has 2 atom stereocenters. The number of ketones is 2. The van der Waals surface area contributed by atoms with E-state index in [1.165, 1.54) is 19.1 Å². The number of urea groups is 1. The van der Waals surface area contributed by atoms with Gasteiger partial charge < -0.3 is 24.0 Å². The predicted molar refractivity (Wildman–Crippen MR) is 156 cm³/mol. The molecule has 1 aromatic carbocycles. The molecule has 11 nitrogen and oxygen atoms in total. The third kappa shape index (κ3) is 4.60. The summed E-state index contributed by atoms with van der Waals surface area (Å²) in [6.45, 7) is 8.22. The number of benzene rings is 1. The van der Waals surface area contributed by atoms with Gasteiger partial charge in [-0.3, -0.25) is 19.3 Å². The van der Waals surface area contributed by atoms with E-state index in [0.29, 0.717) is 59.8 Å². The molecule has 228 valence electrons. The molecule has 1 saturated heterocycles. The van der Waals surface area contributed by atoms with Gasteiger partial charge in [-0.15, -0.1) is 0 Å². The second kappa shape index (κ2) is 9.68. The minimum absolute atomic E-state index is 0.0161. The molecule has 43 heavy (non-hydrogen) atoms. The summed E-state index contributed by atoms with van der Waals surface area (Å²) in [7, 11) is 6.24. The summed E-state index contributed by atoms with van der Waals surface area (Å²) in [5.41, 5.74) is 1.32. The van der Waals surface area contributed by atoms with Crippen LogP contribution in [0.4, 0.5) is 4.79 Å². The number of hydrogen-bond donors (Lipinski definition) is 0. The lowest BCUT2D eigenvalue weighted by Crippen LogP contribution is -2.63. The van der Waals surface area contributed by atoms with Crippen LogP contribution < -0.4 is 9.47 Å². The van der Waals surface area contributed by atoms with Crippen LogP contribution in [0, 0.1) is 10.8 Å². The largest absolute Gasteiger partial charge is 0.493 e. The summed E-state index contributed by atoms with van der Waals surface area (Å²) in [5, 5.41) is 0. The molecule has 0 unspecified atom stereocenters. The molecule has 1 aromatic rings. The van der Waals surface area contributed by atoms with Gasteiger partial charge >= 0.3 is 6.03 Å². The molecule has 3 aliphatic heterocycles. The summed E-state index contributed by atoms with van der Waals surface area (Å²) in [5.74, 6) is 1.03. The Hall–Kier alpha value is -4.15. The van der Waals surface area contributed by atoms with Crippen molar-refractivity contribution < 1.29 is 33.4 Å². The van der Waals surface area contributed by atoms with Gasteiger partial charge in [-0.1, -0.05) is 33.8 Å². The van der Waals surface area contributed by atoms with Crippen LogP contribution in [-0.2, 0) is 19.1 Å². The van der Waals surface area contributed by atoms with E-state index in [1.807, 2.05) is 6.07 Å². The third-order valence-electron chi connectivity index (χ3n) is 9.12. The fourth-order valence-corrected chi connectivity index (χ4v) is 6.98. The number of fused-ring (bicyclic) bond motifs is 1. The van der Waals surface area contributed by atoms with E-state index < -0.39 is 24.2 Å². The summed E-state index contributed by atoms with van der Waals surface area (Å²) < 4.78 is 18.3. The van der Waals surface area contributed by atoms with E-state index in [9.17, 15) is 19.2 Å². The van der Waals surface area contributed by atoms with E-state index in [2.05, 4.69) is 32.7 Å². The Labute approximate surface area is 251 Å². The zero-order valence-corrected chi connectivity index (χ0v) is 25.9. The Morgan fingerprint density at radius 2 is 1.42 bits per heavy atom. The van der Waals surface area contributed by atoms with Crippen molar-refractivity contribution in [3.05, 3.63) is 46.4 Å². The lowest BCUT2D eigenvalue weighted by molar-refractivity contribution is -0.135. The molecule has 11 heteroatoms. The maximum Gasteiger partial charge on any atom is 0.328 e. The molecule has 2 aliphatic carbocycles. The van der Waals surface area contributed by atoms with Crippen LogP contribution in [0.3, 0.4) is 0 Å². The number of carbonyl (C=O) groups is 4. The molecule has 3 amide bonds. The van der Waals surface area contributed by atoms with Crippen LogP contribution in [-0.4, -0.2) is 84.7 Å². The number of aliphatic imine (C=N–C) groups is 1. The number of imide groups is 1. The number of allylic oxidation sites excluding steroid dienone is 4. The number of hydrogen-bond acceptors (Lipinski definition) is 9. The highest BCUT2D eigenvalue weighted by molar-refractivity contribution is 6.06. The summed E-state index contributed by atoms with van der Waals surface area (Å²) >= 11 is 0. The Kier molecular flexibility index (Phi) is 6.52. The molecule has 5 aliphatic rings. The normalized spacial score (nSPS) is 26.7. The van der Waals surface area contributed by atoms with Gasteiger partial charge in [0.1, 0.15) is 11.5 Å². The van der Waals surface area contributed by atoms with Crippen molar-refractivity contribution in [2.75, 3.05) is 28.3 Å². The highest BCUT2D eigenvalue weighted by atomic mass is 16.5. The number of rotatable bonds is 3. The van der Waals surface area contributed by atoms with Crippen molar-refractivity contribution >= 4 is 29.5 Å². The van der Waals surface area contributed by atoms with Crippen LogP contribution in [0.5, 0.6) is 11.5 Å². The van der Waals surface area contributed by atoms with Gasteiger partial charge in [-0.25, -0.2) is 9.79 Å². The van der Waals surface area contributed by atoms with Crippen molar-refractivity contribution in [3.63, 3.8) is 0 Å². The second-order valence-electron chi connectivity index (χ2n) is 13.8. The number of carbonyl (C=O) groups excluding carboxylic acids is 4. The molecule has 0 N–H and O–H groups in total. The lowest BCUT2D eigenvalue weighted by Gasteiger charge is -2.42. The number of Topliss-reactive ketones (excluding diaryl/α,β-unsaturated/α-hetero) is 2. The van der Waals surface area contributed by atoms with E-state index in [-0.39, 0.29) is 34.3 Å². The van der Waals surface area contributed by atoms with Crippen molar-refractivity contribution in [1.29, 1.82) is 0 Å². The van der Waals surface area contributed by atoms with E-state index in [1.54, 1.807) is 31.1 Å². The molecule has 6 rings (SSSR count). The topological polar surface area (TPSA) is 118 Å². The van der Waals surface area contributed by atoms with Crippen LogP contribution in [0.25, 0.3) is 0 Å². The van der Waals surface area contributed by atoms with Crippen LogP contribution in [0.1, 0.15) is 64.9 Å². The number of nitrogens with zero attached hydrogens (tertiary/aromatic N) is 4. The molecule has 1 fully saturated rings. The quantitative estimate of drug-likeness (QED) is 0.519. The van der Waals surface area contributed by atoms with Gasteiger partial charge in [-0.2, -0.15) is 0 Å². The highest BCUT2D eigenvalue weighted by Crippen LogP contribution is 2.53. The Bertz CT molecular complexity index is 1520. The number of methoxy groups -OCH3 is 1. The lowest BCUT2D eigenvalue weighted by atomic mass is 9.65. The first-order valence-corrected chi connectivity index (χ1v) is 14.5. The number of amides is 3. The molecule has 0 radical (unpaired) electrons. The molecule has 0 aromatic heterocycles. The molecule has 0 saturated carbocycles.